The van der Waals surface area contributed by atoms with Gasteiger partial charge in [0.25, 0.3) is 0 Å². The molecule has 0 bridgehead atoms. The second kappa shape index (κ2) is 24.3. The number of phenolic OH excluding ortho intramolecular Hbond substituents is 19. The second-order valence-electron chi connectivity index (χ2n) is 18.4. The van der Waals surface area contributed by atoms with Gasteiger partial charge in [0.2, 0.25) is 23.9 Å². The fraction of sp³-hybridized carbons (Fsp3) is 0.109. The van der Waals surface area contributed by atoms with Gasteiger partial charge in [-0.15, -0.1) is 0 Å². The van der Waals surface area contributed by atoms with Crippen molar-refractivity contribution in [2.75, 3.05) is 6.61 Å². The van der Waals surface area contributed by atoms with E-state index in [0.29, 0.717) is 84.9 Å². The van der Waals surface area contributed by atoms with E-state index in [0.717, 1.165) is 0 Å². The summed E-state index contributed by atoms with van der Waals surface area (Å²) in [6.07, 6.45) is -13.3. The van der Waals surface area contributed by atoms with E-state index in [1.165, 1.54) is 0 Å². The van der Waals surface area contributed by atoms with Crippen LogP contribution in [0.5, 0.6) is 121 Å². The molecule has 34 nitrogen and oxygen atoms in total. The van der Waals surface area contributed by atoms with E-state index in [2.05, 4.69) is 0 Å². The van der Waals surface area contributed by atoms with E-state index in [9.17, 15) is 131 Å². The molecule has 0 aromatic heterocycles. The summed E-state index contributed by atoms with van der Waals surface area (Å²) in [5, 5.41) is 194. The summed E-state index contributed by atoms with van der Waals surface area (Å²) in [4.78, 5) is 97.3. The SMILES string of the molecule is O=C(OCC1OC(OC(=O)c2cc(O)c(O)c(O)c2)C(OC(=O)c2cc(O)c(O)c(OC(=O)c3cc(O)c(O)c(O)c3)c2)C(OC(=O)c2cc(O)c(O)c(O)c2)C1OC(=O)c1cc(O)c(O)c(O)c1)c1cc(O)c(O)c(OC(=O)c2cc(O)c(O)c(O)c2)c1. The standard InChI is InChI=1S/C55H40O34/c56-23-1-16(2-24(57)38(23)68)49(76)83-35-13-21(11-33(66)43(35)73)48(75)82-15-37-45(86-51(78)18-5-27(60)40(70)28(61)6-18)46(87-52(79)19-7-29(62)41(71)30(63)8-19)47(55(85-37)89-54(81)20-9-31(64)42(72)32(65)10-20)88-53(80)22-12-34(67)44(74)36(14-22)84-50(77)17-3-25(58)39(69)26(59)4-17/h1-14,37,45-47,55-74H,15H2. The molecule has 464 valence electrons. The molecular formula is C55H40O34. The molecule has 1 saturated heterocycles. The Bertz CT molecular complexity index is 3980. The molecule has 0 amide bonds. The van der Waals surface area contributed by atoms with E-state index >= 15 is 0 Å². The Labute approximate surface area is 491 Å². The first-order chi connectivity index (χ1) is 41.8. The third-order valence-corrected chi connectivity index (χ3v) is 12.4. The average molecular weight is 1240 g/mol. The molecule has 7 aromatic carbocycles. The van der Waals surface area contributed by atoms with Crippen molar-refractivity contribution < 1.29 is 168 Å². The van der Waals surface area contributed by atoms with Gasteiger partial charge in [0, 0.05) is 0 Å². The Morgan fingerprint density at radius 1 is 0.281 bits per heavy atom. The molecule has 34 heteroatoms. The minimum atomic E-state index is -2.77. The van der Waals surface area contributed by atoms with Crippen molar-refractivity contribution in [1.29, 1.82) is 0 Å². The van der Waals surface area contributed by atoms with Crippen LogP contribution in [0.1, 0.15) is 72.5 Å². The lowest BCUT2D eigenvalue weighted by molar-refractivity contribution is -0.282. The molecular weight excluding hydrogens is 1200 g/mol. The summed E-state index contributed by atoms with van der Waals surface area (Å²) < 4.78 is 43.9. The van der Waals surface area contributed by atoms with Crippen LogP contribution in [-0.2, 0) is 28.4 Å². The first-order valence-electron chi connectivity index (χ1n) is 24.3. The normalized spacial score (nSPS) is 16.0. The molecule has 19 N–H and O–H groups in total. The Morgan fingerprint density at radius 2 is 0.517 bits per heavy atom. The van der Waals surface area contributed by atoms with Crippen LogP contribution in [-0.4, -0.2) is 176 Å². The van der Waals surface area contributed by atoms with E-state index < -0.39 is 239 Å². The summed E-state index contributed by atoms with van der Waals surface area (Å²) in [6, 6.07) is 7.11. The predicted molar refractivity (Wildman–Crippen MR) is 279 cm³/mol. The van der Waals surface area contributed by atoms with Crippen LogP contribution in [0.25, 0.3) is 0 Å². The smallest absolute Gasteiger partial charge is 0.343 e. The number of benzene rings is 7. The van der Waals surface area contributed by atoms with Crippen molar-refractivity contribution >= 4 is 41.8 Å². The maximum absolute atomic E-state index is 14.5. The van der Waals surface area contributed by atoms with Crippen molar-refractivity contribution in [2.24, 2.45) is 0 Å². The summed E-state index contributed by atoms with van der Waals surface area (Å²) >= 11 is 0. The Morgan fingerprint density at radius 3 is 0.831 bits per heavy atom. The van der Waals surface area contributed by atoms with Gasteiger partial charge in [0.05, 0.1) is 38.9 Å². The van der Waals surface area contributed by atoms with Gasteiger partial charge >= 0.3 is 41.8 Å². The van der Waals surface area contributed by atoms with Crippen LogP contribution in [0.2, 0.25) is 0 Å². The van der Waals surface area contributed by atoms with E-state index in [-0.39, 0.29) is 0 Å². The zero-order valence-electron chi connectivity index (χ0n) is 43.8. The van der Waals surface area contributed by atoms with Crippen LogP contribution in [0.15, 0.2) is 84.9 Å². The van der Waals surface area contributed by atoms with Crippen molar-refractivity contribution in [1.82, 2.24) is 0 Å². The summed E-state index contributed by atoms with van der Waals surface area (Å²) in [7, 11) is 0. The number of esters is 7. The highest BCUT2D eigenvalue weighted by molar-refractivity contribution is 5.97. The van der Waals surface area contributed by atoms with E-state index in [4.69, 9.17) is 37.9 Å². The van der Waals surface area contributed by atoms with Gasteiger partial charge in [-0.05, 0) is 84.9 Å². The second-order valence-corrected chi connectivity index (χ2v) is 18.4. The van der Waals surface area contributed by atoms with Crippen LogP contribution in [0.3, 0.4) is 0 Å². The Hall–Kier alpha value is -13.0. The van der Waals surface area contributed by atoms with Crippen molar-refractivity contribution in [3.8, 4) is 121 Å². The van der Waals surface area contributed by atoms with E-state index in [1.807, 2.05) is 0 Å². The maximum Gasteiger partial charge on any atom is 0.343 e. The fourth-order valence-corrected chi connectivity index (χ4v) is 8.00. The minimum absolute atomic E-state index is 0.420. The zero-order chi connectivity index (χ0) is 65.4. The first-order valence-corrected chi connectivity index (χ1v) is 24.3. The highest BCUT2D eigenvalue weighted by Gasteiger charge is 2.55. The third kappa shape index (κ3) is 12.9. The summed E-state index contributed by atoms with van der Waals surface area (Å²) in [5.74, 6) is -36.2. The highest BCUT2D eigenvalue weighted by Crippen LogP contribution is 2.44. The number of aromatic hydroxyl groups is 19. The molecule has 0 spiro atoms. The molecule has 0 saturated carbocycles. The summed E-state index contributed by atoms with van der Waals surface area (Å²) in [5.41, 5.74) is -6.03. The molecule has 7 aromatic rings. The predicted octanol–water partition coefficient (Wildman–Crippen LogP) is 2.95. The number of rotatable bonds is 15. The molecule has 0 aliphatic carbocycles. The number of ether oxygens (including phenoxy) is 8. The highest BCUT2D eigenvalue weighted by atomic mass is 16.7. The topological polar surface area (TPSA) is 578 Å². The number of hydrogen-bond acceptors (Lipinski definition) is 34. The van der Waals surface area contributed by atoms with Crippen molar-refractivity contribution in [2.45, 2.75) is 30.7 Å². The van der Waals surface area contributed by atoms with Crippen LogP contribution in [0, 0.1) is 0 Å². The van der Waals surface area contributed by atoms with Gasteiger partial charge in [-0.1, -0.05) is 0 Å². The average Bonchev–Trinajstić information content (AvgIpc) is 2.14. The monoisotopic (exact) mass is 1240 g/mol. The molecule has 1 aliphatic rings. The fourth-order valence-electron chi connectivity index (χ4n) is 8.00. The van der Waals surface area contributed by atoms with Crippen molar-refractivity contribution in [3.63, 3.8) is 0 Å². The lowest BCUT2D eigenvalue weighted by Gasteiger charge is -2.43. The maximum atomic E-state index is 14.5. The molecule has 5 unspecified atom stereocenters. The molecule has 5 atom stereocenters. The number of carbonyl (C=O) groups is 7. The van der Waals surface area contributed by atoms with Gasteiger partial charge in [0.1, 0.15) is 12.7 Å². The van der Waals surface area contributed by atoms with E-state index in [1.54, 1.807) is 0 Å². The largest absolute Gasteiger partial charge is 0.504 e. The van der Waals surface area contributed by atoms with Crippen molar-refractivity contribution in [3.05, 3.63) is 124 Å². The minimum Gasteiger partial charge on any atom is -0.504 e. The third-order valence-electron chi connectivity index (χ3n) is 12.4. The van der Waals surface area contributed by atoms with Crippen LogP contribution < -0.4 is 9.47 Å². The van der Waals surface area contributed by atoms with Gasteiger partial charge in [0.15, 0.2) is 121 Å². The molecule has 1 fully saturated rings. The lowest BCUT2D eigenvalue weighted by atomic mass is 9.97. The lowest BCUT2D eigenvalue weighted by Crippen LogP contribution is -2.63. The number of carbonyl (C=O) groups excluding carboxylic acids is 7. The summed E-state index contributed by atoms with van der Waals surface area (Å²) in [6.45, 7) is -1.45. The van der Waals surface area contributed by atoms with Gasteiger partial charge in [-0.3, -0.25) is 0 Å². The molecule has 89 heavy (non-hydrogen) atoms. The van der Waals surface area contributed by atoms with Gasteiger partial charge in [-0.2, -0.15) is 0 Å². The molecule has 1 aliphatic heterocycles. The molecule has 0 radical (unpaired) electrons. The van der Waals surface area contributed by atoms with Gasteiger partial charge in [-0.25, -0.2) is 33.6 Å². The zero-order valence-corrected chi connectivity index (χ0v) is 43.8. The van der Waals surface area contributed by atoms with Crippen LogP contribution >= 0.6 is 0 Å². The Kier molecular flexibility index (Phi) is 16.9. The van der Waals surface area contributed by atoms with Gasteiger partial charge < -0.3 is 135 Å². The quantitative estimate of drug-likeness (QED) is 0.0304. The Balaban J connectivity index is 1.25. The molecule has 8 rings (SSSR count). The number of hydrogen-bond donors (Lipinski definition) is 19. The van der Waals surface area contributed by atoms with Crippen LogP contribution in [0.4, 0.5) is 0 Å². The first kappa shape index (κ1) is 62.0. The molecule has 1 heterocycles. The number of phenols is 19.